The fraction of sp³-hybridized carbons (Fsp3) is 0.525. The molecule has 0 radical (unpaired) electrons. The lowest BCUT2D eigenvalue weighted by Crippen LogP contribution is -2.56. The summed E-state index contributed by atoms with van der Waals surface area (Å²) < 4.78 is 36.6. The Bertz CT molecular complexity index is 1850. The van der Waals surface area contributed by atoms with Crippen molar-refractivity contribution in [1.82, 2.24) is 5.32 Å². The number of methoxy groups -OCH3 is 1. The average molecular weight is 736 g/mol. The standard InChI is InChI=1S/C40H49NO12/c1-18-13-12-14-19(2)38(47)41-25-17-26(43)28-29(32(25)45)31(44)21(4)36-30(28)37(46)40(10,53-36)49-16-15-27(48-11)20(3)34(50-24(7)42)23(6)35-22(5)33(18)51-39(8,9)52-35/h12-18,20,22-23,27,33-35,44H,1-11H3,(H,41,47)/t18-,20-,22+,23+,27+,33+,34-,35-,40-/m0/s1. The van der Waals surface area contributed by atoms with Crippen LogP contribution in [0.25, 0.3) is 0 Å². The number of rotatable bonds is 2. The summed E-state index contributed by atoms with van der Waals surface area (Å²) in [5.41, 5.74) is -1.07. The van der Waals surface area contributed by atoms with E-state index in [9.17, 15) is 29.1 Å². The Balaban J connectivity index is 1.62. The number of benzene rings is 1. The third kappa shape index (κ3) is 7.34. The molecule has 9 atom stereocenters. The number of carbonyl (C=O) groups is 5. The maximum Gasteiger partial charge on any atom is 0.312 e. The molecule has 0 saturated carbocycles. The number of Topliss-reactive ketones (excluding diaryl/α,β-unsaturated/α-hetero) is 2. The number of amides is 1. The Morgan fingerprint density at radius 2 is 1.57 bits per heavy atom. The van der Waals surface area contributed by atoms with E-state index in [1.165, 1.54) is 34.1 Å². The van der Waals surface area contributed by atoms with Crippen molar-refractivity contribution in [2.75, 3.05) is 7.11 Å². The summed E-state index contributed by atoms with van der Waals surface area (Å²) in [4.78, 5) is 67.0. The van der Waals surface area contributed by atoms with E-state index < -0.39 is 76.3 Å². The van der Waals surface area contributed by atoms with Gasteiger partial charge in [-0.1, -0.05) is 45.9 Å². The van der Waals surface area contributed by atoms with Crippen molar-refractivity contribution in [2.45, 2.75) is 105 Å². The number of nitrogens with one attached hydrogen (secondary N) is 1. The maximum absolute atomic E-state index is 14.0. The van der Waals surface area contributed by atoms with Crippen molar-refractivity contribution in [3.8, 4) is 11.5 Å². The quantitative estimate of drug-likeness (QED) is 0.370. The van der Waals surface area contributed by atoms with Gasteiger partial charge in [0.25, 0.3) is 11.7 Å². The number of fused-ring (bicyclic) bond motifs is 10. The molecule has 286 valence electrons. The van der Waals surface area contributed by atoms with Crippen LogP contribution in [0.5, 0.6) is 11.5 Å². The molecule has 1 aliphatic carbocycles. The largest absolute Gasteiger partial charge is 0.507 e. The lowest BCUT2D eigenvalue weighted by Gasteiger charge is -2.50. The van der Waals surface area contributed by atoms with E-state index in [4.69, 9.17) is 28.4 Å². The van der Waals surface area contributed by atoms with Crippen molar-refractivity contribution < 1.29 is 57.5 Å². The smallest absolute Gasteiger partial charge is 0.312 e. The van der Waals surface area contributed by atoms with E-state index in [1.54, 1.807) is 25.2 Å². The summed E-state index contributed by atoms with van der Waals surface area (Å²) in [7, 11) is 1.49. The van der Waals surface area contributed by atoms with E-state index in [0.717, 1.165) is 6.08 Å². The van der Waals surface area contributed by atoms with Crippen LogP contribution in [0.4, 0.5) is 0 Å². The Morgan fingerprint density at radius 3 is 2.21 bits per heavy atom. The van der Waals surface area contributed by atoms with Crippen molar-refractivity contribution >= 4 is 29.2 Å². The van der Waals surface area contributed by atoms with Gasteiger partial charge in [-0.05, 0) is 33.8 Å². The molecule has 0 unspecified atom stereocenters. The average Bonchev–Trinajstić information content (AvgIpc) is 3.35. The SMILES string of the molecule is CO[C@@H]1C=CO[C@@]2(C)Oc3c(C)c(O)c4c(c3C2=O)C(=O)C=C(NC(=O)C(C)=CC=C[C@H](C)[C@H]2OC(C)(C)O[C@H]([C@H](C)[C@@H](OC(C)=O)[C@H]1C)[C@@H]2C)C4=O. The van der Waals surface area contributed by atoms with Crippen LogP contribution in [-0.2, 0) is 33.3 Å². The normalized spacial score (nSPS) is 33.0. The van der Waals surface area contributed by atoms with Crippen LogP contribution in [0.2, 0.25) is 0 Å². The highest BCUT2D eigenvalue weighted by atomic mass is 16.7. The lowest BCUT2D eigenvalue weighted by atomic mass is 9.77. The van der Waals surface area contributed by atoms with Crippen LogP contribution in [0, 0.1) is 30.6 Å². The molecule has 7 bridgehead atoms. The number of phenolic OH excluding ortho intramolecular Hbond substituents is 1. The van der Waals surface area contributed by atoms with E-state index >= 15 is 0 Å². The minimum atomic E-state index is -2.00. The molecule has 53 heavy (non-hydrogen) atoms. The van der Waals surface area contributed by atoms with E-state index in [1.807, 2.05) is 47.6 Å². The Hall–Kier alpha value is -4.59. The van der Waals surface area contributed by atoms with Crippen LogP contribution in [-0.4, -0.2) is 77.4 Å². The molecule has 13 nitrogen and oxygen atoms in total. The summed E-state index contributed by atoms with van der Waals surface area (Å²) in [6.07, 6.45) is 6.77. The third-order valence-corrected chi connectivity index (χ3v) is 10.6. The molecule has 0 aromatic heterocycles. The van der Waals surface area contributed by atoms with Crippen LogP contribution in [0.3, 0.4) is 0 Å². The van der Waals surface area contributed by atoms with Gasteiger partial charge in [0.05, 0.1) is 47.0 Å². The van der Waals surface area contributed by atoms with Crippen molar-refractivity contribution in [2.24, 2.45) is 23.7 Å². The number of hydrogen-bond donors (Lipinski definition) is 2. The van der Waals surface area contributed by atoms with Gasteiger partial charge < -0.3 is 38.8 Å². The first kappa shape index (κ1) is 39.6. The zero-order chi connectivity index (χ0) is 39.3. The van der Waals surface area contributed by atoms with Gasteiger partial charge in [-0.25, -0.2) is 0 Å². The maximum atomic E-state index is 14.0. The van der Waals surface area contributed by atoms with Gasteiger partial charge in [0.15, 0.2) is 11.6 Å². The number of hydrogen-bond acceptors (Lipinski definition) is 12. The zero-order valence-corrected chi connectivity index (χ0v) is 32.0. The Morgan fingerprint density at radius 1 is 0.906 bits per heavy atom. The highest BCUT2D eigenvalue weighted by molar-refractivity contribution is 6.30. The monoisotopic (exact) mass is 735 g/mol. The number of carbonyl (C=O) groups excluding carboxylic acids is 5. The molecule has 2 N–H and O–H groups in total. The number of aromatic hydroxyl groups is 1. The predicted octanol–water partition coefficient (Wildman–Crippen LogP) is 5.43. The molecule has 4 aliphatic heterocycles. The van der Waals surface area contributed by atoms with Crippen LogP contribution >= 0.6 is 0 Å². The second-order valence-electron chi connectivity index (χ2n) is 15.0. The topological polar surface area (TPSA) is 173 Å². The van der Waals surface area contributed by atoms with Gasteiger partial charge in [-0.3, -0.25) is 24.0 Å². The summed E-state index contributed by atoms with van der Waals surface area (Å²) in [6, 6.07) is 0. The van der Waals surface area contributed by atoms with E-state index in [2.05, 4.69) is 5.32 Å². The van der Waals surface area contributed by atoms with Gasteiger partial charge >= 0.3 is 11.8 Å². The fourth-order valence-corrected chi connectivity index (χ4v) is 7.71. The summed E-state index contributed by atoms with van der Waals surface area (Å²) in [5.74, 6) is -8.33. The molecular formula is C40H49NO12. The molecule has 1 saturated heterocycles. The minimum Gasteiger partial charge on any atom is -0.507 e. The van der Waals surface area contributed by atoms with Crippen LogP contribution in [0.15, 0.2) is 47.9 Å². The van der Waals surface area contributed by atoms with Crippen molar-refractivity contribution in [3.05, 3.63) is 70.2 Å². The first-order valence-electron chi connectivity index (χ1n) is 17.7. The number of allylic oxidation sites excluding steroid dienone is 4. The van der Waals surface area contributed by atoms with Crippen molar-refractivity contribution in [1.29, 1.82) is 0 Å². The Kier molecular flexibility index (Phi) is 11.0. The predicted molar refractivity (Wildman–Crippen MR) is 191 cm³/mol. The highest BCUT2D eigenvalue weighted by Crippen LogP contribution is 2.48. The first-order chi connectivity index (χ1) is 24.7. The third-order valence-electron chi connectivity index (χ3n) is 10.6. The summed E-state index contributed by atoms with van der Waals surface area (Å²) >= 11 is 0. The van der Waals surface area contributed by atoms with Gasteiger partial charge in [0, 0.05) is 61.8 Å². The van der Waals surface area contributed by atoms with E-state index in [-0.39, 0.29) is 57.6 Å². The lowest BCUT2D eigenvalue weighted by molar-refractivity contribution is -0.336. The zero-order valence-electron chi connectivity index (χ0n) is 32.0. The van der Waals surface area contributed by atoms with Crippen LogP contribution in [0.1, 0.15) is 99.0 Å². The van der Waals surface area contributed by atoms with E-state index in [0.29, 0.717) is 0 Å². The molecule has 1 aromatic rings. The van der Waals surface area contributed by atoms with Crippen LogP contribution < -0.4 is 10.1 Å². The molecule has 4 heterocycles. The molecule has 6 rings (SSSR count). The molecule has 1 aromatic carbocycles. The summed E-state index contributed by atoms with van der Waals surface area (Å²) in [5, 5.41) is 13.7. The highest BCUT2D eigenvalue weighted by Gasteiger charge is 2.52. The second kappa shape index (κ2) is 14.7. The second-order valence-corrected chi connectivity index (χ2v) is 15.0. The summed E-state index contributed by atoms with van der Waals surface area (Å²) in [6.45, 7) is 17.2. The number of ether oxygens (including phenoxy) is 6. The fourth-order valence-electron chi connectivity index (χ4n) is 7.71. The van der Waals surface area contributed by atoms with Gasteiger partial charge in [-0.15, -0.1) is 0 Å². The first-order valence-corrected chi connectivity index (χ1v) is 17.7. The molecule has 5 aliphatic rings. The van der Waals surface area contributed by atoms with Gasteiger partial charge in [0.1, 0.15) is 17.6 Å². The molecule has 13 heteroatoms. The number of esters is 1. The molecule has 0 spiro atoms. The Labute approximate surface area is 309 Å². The minimum absolute atomic E-state index is 0.0356. The number of ketones is 3. The molecule has 1 amide bonds. The molecular weight excluding hydrogens is 686 g/mol. The van der Waals surface area contributed by atoms with Gasteiger partial charge in [-0.2, -0.15) is 0 Å². The number of phenols is 1. The molecule has 1 fully saturated rings. The van der Waals surface area contributed by atoms with Gasteiger partial charge in [0.2, 0.25) is 5.78 Å². The van der Waals surface area contributed by atoms with Crippen molar-refractivity contribution in [3.63, 3.8) is 0 Å².